The molecule has 4 atom stereocenters. The summed E-state index contributed by atoms with van der Waals surface area (Å²) in [6.07, 6.45) is 4.30. The standard InChI is InChI=1S/C26H43N5O5S/c1-17(2)15-22(31-23(32)19(28)16-18-9-5-4-6-10-18)25(34)29-20(12-14-37-3)24(33)30-21(26(35)36)11-7-8-13-27/h4-6,9-10,17,19-22H,7-8,11-16,27-28H2,1-3H3,(H,29,34)(H,30,33)(H,31,32)(H,35,36). The van der Waals surface area contributed by atoms with E-state index in [4.69, 9.17) is 11.5 Å². The van der Waals surface area contributed by atoms with E-state index >= 15 is 0 Å². The summed E-state index contributed by atoms with van der Waals surface area (Å²) in [5, 5.41) is 17.5. The lowest BCUT2D eigenvalue weighted by atomic mass is 10.0. The zero-order valence-corrected chi connectivity index (χ0v) is 22.9. The number of nitrogens with one attached hydrogen (secondary N) is 3. The van der Waals surface area contributed by atoms with Crippen LogP contribution in [0.5, 0.6) is 0 Å². The van der Waals surface area contributed by atoms with Crippen LogP contribution in [0, 0.1) is 5.92 Å². The second kappa shape index (κ2) is 17.8. The lowest BCUT2D eigenvalue weighted by Crippen LogP contribution is -2.57. The predicted octanol–water partition coefficient (Wildman–Crippen LogP) is 1.02. The fourth-order valence-electron chi connectivity index (χ4n) is 3.74. The molecule has 3 amide bonds. The number of hydrogen-bond donors (Lipinski definition) is 6. The van der Waals surface area contributed by atoms with Gasteiger partial charge in [-0.15, -0.1) is 0 Å². The van der Waals surface area contributed by atoms with Gasteiger partial charge < -0.3 is 32.5 Å². The number of carbonyl (C=O) groups is 4. The van der Waals surface area contributed by atoms with Crippen LogP contribution in [-0.4, -0.2) is 71.5 Å². The lowest BCUT2D eigenvalue weighted by Gasteiger charge is -2.26. The van der Waals surface area contributed by atoms with Gasteiger partial charge in [0.1, 0.15) is 18.1 Å². The van der Waals surface area contributed by atoms with Crippen LogP contribution >= 0.6 is 11.8 Å². The predicted molar refractivity (Wildman–Crippen MR) is 147 cm³/mol. The molecule has 0 saturated carbocycles. The van der Waals surface area contributed by atoms with Crippen LogP contribution in [0.4, 0.5) is 0 Å². The van der Waals surface area contributed by atoms with Crippen molar-refractivity contribution in [3.05, 3.63) is 35.9 Å². The normalized spacial score (nSPS) is 14.3. The van der Waals surface area contributed by atoms with Crippen molar-refractivity contribution < 1.29 is 24.3 Å². The molecule has 0 saturated heterocycles. The van der Waals surface area contributed by atoms with Crippen LogP contribution in [0.1, 0.15) is 51.5 Å². The highest BCUT2D eigenvalue weighted by molar-refractivity contribution is 7.98. The number of unbranched alkanes of at least 4 members (excludes halogenated alkanes) is 1. The molecule has 208 valence electrons. The van der Waals surface area contributed by atoms with Gasteiger partial charge >= 0.3 is 5.97 Å². The molecule has 11 heteroatoms. The van der Waals surface area contributed by atoms with Gasteiger partial charge in [0, 0.05) is 0 Å². The maximum absolute atomic E-state index is 13.2. The molecule has 1 rings (SSSR count). The number of rotatable bonds is 18. The summed E-state index contributed by atoms with van der Waals surface area (Å²) >= 11 is 1.50. The molecule has 4 unspecified atom stereocenters. The first-order valence-corrected chi connectivity index (χ1v) is 14.1. The number of hydrogen-bond acceptors (Lipinski definition) is 7. The van der Waals surface area contributed by atoms with Crippen LogP contribution in [-0.2, 0) is 25.6 Å². The molecule has 0 spiro atoms. The van der Waals surface area contributed by atoms with Crippen molar-refractivity contribution in [3.8, 4) is 0 Å². The number of thioether (sulfide) groups is 1. The number of carboxylic acid groups (broad SMARTS) is 1. The van der Waals surface area contributed by atoms with E-state index in [0.717, 1.165) is 5.56 Å². The molecule has 0 aliphatic carbocycles. The summed E-state index contributed by atoms with van der Waals surface area (Å²) in [4.78, 5) is 50.6. The second-order valence-electron chi connectivity index (χ2n) is 9.51. The largest absolute Gasteiger partial charge is 0.480 e. The van der Waals surface area contributed by atoms with Gasteiger partial charge in [-0.1, -0.05) is 44.2 Å². The molecule has 10 nitrogen and oxygen atoms in total. The molecule has 37 heavy (non-hydrogen) atoms. The second-order valence-corrected chi connectivity index (χ2v) is 10.5. The third kappa shape index (κ3) is 12.9. The molecular formula is C26H43N5O5S. The fourth-order valence-corrected chi connectivity index (χ4v) is 4.21. The first kappa shape index (κ1) is 32.4. The third-order valence-electron chi connectivity index (χ3n) is 5.78. The van der Waals surface area contributed by atoms with E-state index in [1.807, 2.05) is 50.4 Å². The summed E-state index contributed by atoms with van der Waals surface area (Å²) in [5.41, 5.74) is 12.5. The van der Waals surface area contributed by atoms with Gasteiger partial charge in [-0.25, -0.2) is 4.79 Å². The van der Waals surface area contributed by atoms with Crippen LogP contribution in [0.15, 0.2) is 30.3 Å². The molecule has 0 heterocycles. The molecular weight excluding hydrogens is 494 g/mol. The summed E-state index contributed by atoms with van der Waals surface area (Å²) in [5.74, 6) is -2.02. The van der Waals surface area contributed by atoms with Gasteiger partial charge in [-0.3, -0.25) is 14.4 Å². The summed E-state index contributed by atoms with van der Waals surface area (Å²) in [6.45, 7) is 4.28. The number of amides is 3. The topological polar surface area (TPSA) is 177 Å². The minimum Gasteiger partial charge on any atom is -0.480 e. The van der Waals surface area contributed by atoms with Crippen LogP contribution < -0.4 is 27.4 Å². The monoisotopic (exact) mass is 537 g/mol. The Morgan fingerprint density at radius 3 is 2.05 bits per heavy atom. The zero-order chi connectivity index (χ0) is 27.8. The highest BCUT2D eigenvalue weighted by Gasteiger charge is 2.30. The van der Waals surface area contributed by atoms with Gasteiger partial charge in [0.2, 0.25) is 17.7 Å². The minimum atomic E-state index is -1.14. The van der Waals surface area contributed by atoms with Crippen molar-refractivity contribution in [3.63, 3.8) is 0 Å². The molecule has 1 aromatic carbocycles. The average Bonchev–Trinajstić information content (AvgIpc) is 2.85. The van der Waals surface area contributed by atoms with Crippen LogP contribution in [0.2, 0.25) is 0 Å². The van der Waals surface area contributed by atoms with Crippen molar-refractivity contribution in [2.75, 3.05) is 18.6 Å². The van der Waals surface area contributed by atoms with Crippen molar-refractivity contribution in [1.29, 1.82) is 0 Å². The van der Waals surface area contributed by atoms with Gasteiger partial charge in [0.25, 0.3) is 0 Å². The van der Waals surface area contributed by atoms with Crippen LogP contribution in [0.3, 0.4) is 0 Å². The van der Waals surface area contributed by atoms with Crippen molar-refractivity contribution in [2.45, 2.75) is 76.5 Å². The Labute approximate surface area is 224 Å². The number of carbonyl (C=O) groups excluding carboxylic acids is 3. The summed E-state index contributed by atoms with van der Waals surface area (Å²) in [6, 6.07) is 5.60. The Kier molecular flexibility index (Phi) is 15.6. The quantitative estimate of drug-likeness (QED) is 0.150. The third-order valence-corrected chi connectivity index (χ3v) is 6.42. The van der Waals surface area contributed by atoms with E-state index in [1.54, 1.807) is 0 Å². The molecule has 0 aromatic heterocycles. The lowest BCUT2D eigenvalue weighted by molar-refractivity contribution is -0.142. The fraction of sp³-hybridized carbons (Fsp3) is 0.615. The molecule has 0 bridgehead atoms. The van der Waals surface area contributed by atoms with Crippen molar-refractivity contribution >= 4 is 35.5 Å². The Balaban J connectivity index is 2.91. The SMILES string of the molecule is CSCCC(NC(=O)C(CC(C)C)NC(=O)C(N)Cc1ccccc1)C(=O)NC(CCCCN)C(=O)O. The Morgan fingerprint density at radius 2 is 1.49 bits per heavy atom. The molecule has 0 aliphatic heterocycles. The maximum atomic E-state index is 13.2. The summed E-state index contributed by atoms with van der Waals surface area (Å²) < 4.78 is 0. The van der Waals surface area contributed by atoms with E-state index in [0.29, 0.717) is 44.4 Å². The number of benzene rings is 1. The first-order valence-electron chi connectivity index (χ1n) is 12.7. The van der Waals surface area contributed by atoms with E-state index in [2.05, 4.69) is 16.0 Å². The van der Waals surface area contributed by atoms with E-state index < -0.39 is 47.9 Å². The minimum absolute atomic E-state index is 0.0822. The van der Waals surface area contributed by atoms with E-state index in [9.17, 15) is 24.3 Å². The average molecular weight is 538 g/mol. The molecule has 0 fully saturated rings. The molecule has 1 aromatic rings. The maximum Gasteiger partial charge on any atom is 0.326 e. The molecule has 0 aliphatic rings. The van der Waals surface area contributed by atoms with Gasteiger partial charge in [-0.05, 0) is 68.6 Å². The molecule has 8 N–H and O–H groups in total. The van der Waals surface area contributed by atoms with Crippen LogP contribution in [0.25, 0.3) is 0 Å². The summed E-state index contributed by atoms with van der Waals surface area (Å²) in [7, 11) is 0. The Hall–Kier alpha value is -2.63. The highest BCUT2D eigenvalue weighted by Crippen LogP contribution is 2.10. The van der Waals surface area contributed by atoms with E-state index in [1.165, 1.54) is 11.8 Å². The number of aliphatic carboxylic acids is 1. The van der Waals surface area contributed by atoms with Crippen molar-refractivity contribution in [1.82, 2.24) is 16.0 Å². The number of carboxylic acids is 1. The first-order chi connectivity index (χ1) is 17.6. The van der Waals surface area contributed by atoms with Gasteiger partial charge in [-0.2, -0.15) is 11.8 Å². The Morgan fingerprint density at radius 1 is 0.892 bits per heavy atom. The zero-order valence-electron chi connectivity index (χ0n) is 22.1. The highest BCUT2D eigenvalue weighted by atomic mass is 32.2. The van der Waals surface area contributed by atoms with Crippen molar-refractivity contribution in [2.24, 2.45) is 17.4 Å². The van der Waals surface area contributed by atoms with Gasteiger partial charge in [0.05, 0.1) is 6.04 Å². The van der Waals surface area contributed by atoms with E-state index in [-0.39, 0.29) is 12.3 Å². The number of nitrogens with two attached hydrogens (primary N) is 2. The Bertz CT molecular complexity index is 855. The molecule has 0 radical (unpaired) electrons. The smallest absolute Gasteiger partial charge is 0.326 e. The van der Waals surface area contributed by atoms with Gasteiger partial charge in [0.15, 0.2) is 0 Å².